The summed E-state index contributed by atoms with van der Waals surface area (Å²) in [7, 11) is 0. The normalized spacial score (nSPS) is 14.3. The quantitative estimate of drug-likeness (QED) is 0.273. The second-order valence-corrected chi connectivity index (χ2v) is 9.92. The van der Waals surface area contributed by atoms with E-state index < -0.39 is 0 Å². The molecule has 0 N–H and O–H groups in total. The summed E-state index contributed by atoms with van der Waals surface area (Å²) in [6.07, 6.45) is 2.04. The van der Waals surface area contributed by atoms with E-state index in [0.29, 0.717) is 5.56 Å². The molecule has 1 aromatic heterocycles. The van der Waals surface area contributed by atoms with Crippen LogP contribution in [-0.2, 0) is 4.79 Å². The molecular weight excluding hydrogens is 470 g/mol. The first-order chi connectivity index (χ1) is 18.5. The van der Waals surface area contributed by atoms with Crippen LogP contribution in [0.1, 0.15) is 41.5 Å². The highest BCUT2D eigenvalue weighted by Gasteiger charge is 2.37. The molecule has 2 heterocycles. The lowest BCUT2D eigenvalue weighted by Gasteiger charge is -2.40. The molecule has 6 rings (SSSR count). The zero-order chi connectivity index (χ0) is 26.2. The van der Waals surface area contributed by atoms with Crippen LogP contribution in [0.3, 0.4) is 0 Å². The van der Waals surface area contributed by atoms with Crippen molar-refractivity contribution in [3.05, 3.63) is 132 Å². The molecule has 188 valence electrons. The Morgan fingerprint density at radius 1 is 0.763 bits per heavy atom. The minimum Gasteiger partial charge on any atom is -0.327 e. The van der Waals surface area contributed by atoms with Crippen molar-refractivity contribution in [3.63, 3.8) is 0 Å². The van der Waals surface area contributed by atoms with Gasteiger partial charge in [0.2, 0.25) is 5.91 Å². The van der Waals surface area contributed by atoms with Crippen LogP contribution in [0.4, 0.5) is 5.69 Å². The zero-order valence-electron chi connectivity index (χ0n) is 21.5. The Morgan fingerprint density at radius 2 is 1.45 bits per heavy atom. The standard InChI is InChI=1S/C33H29N3O2/c1-23(2)35(33(38)27-17-10-15-24-12-6-7-16-26(24)27)22-31(37)36-29-19-9-8-18-28(29)34-21-11-20-30(34)32(36)25-13-4-3-5-14-25/h3-21,23,32H,22H2,1-2H3. The maximum absolute atomic E-state index is 14.3. The number of amides is 2. The summed E-state index contributed by atoms with van der Waals surface area (Å²) in [6.45, 7) is 3.89. The first-order valence-corrected chi connectivity index (χ1v) is 13.0. The first-order valence-electron chi connectivity index (χ1n) is 13.0. The van der Waals surface area contributed by atoms with E-state index in [9.17, 15) is 9.59 Å². The molecule has 5 aromatic rings. The summed E-state index contributed by atoms with van der Waals surface area (Å²) in [5, 5.41) is 1.89. The number of fused-ring (bicyclic) bond motifs is 4. The van der Waals surface area contributed by atoms with Gasteiger partial charge >= 0.3 is 0 Å². The minimum absolute atomic E-state index is 0.0297. The Hall–Kier alpha value is -4.64. The van der Waals surface area contributed by atoms with Crippen molar-refractivity contribution in [2.24, 2.45) is 0 Å². The van der Waals surface area contributed by atoms with E-state index in [1.165, 1.54) is 0 Å². The van der Waals surface area contributed by atoms with E-state index in [4.69, 9.17) is 0 Å². The molecule has 0 saturated carbocycles. The maximum atomic E-state index is 14.3. The molecule has 0 radical (unpaired) electrons. The van der Waals surface area contributed by atoms with E-state index in [1.807, 2.05) is 116 Å². The first kappa shape index (κ1) is 23.7. The molecule has 0 aliphatic carbocycles. The molecule has 5 nitrogen and oxygen atoms in total. The van der Waals surface area contributed by atoms with Crippen molar-refractivity contribution in [1.29, 1.82) is 0 Å². The third-order valence-corrected chi connectivity index (χ3v) is 7.31. The van der Waals surface area contributed by atoms with Gasteiger partial charge in [0.25, 0.3) is 5.91 Å². The number of carbonyl (C=O) groups is 2. The lowest BCUT2D eigenvalue weighted by molar-refractivity contribution is -0.120. The molecule has 1 aliphatic rings. The minimum atomic E-state index is -0.310. The number of para-hydroxylation sites is 2. The lowest BCUT2D eigenvalue weighted by atomic mass is 9.97. The molecule has 1 unspecified atom stereocenters. The molecule has 5 heteroatoms. The Morgan fingerprint density at radius 3 is 2.24 bits per heavy atom. The molecule has 38 heavy (non-hydrogen) atoms. The Labute approximate surface area is 222 Å². The number of hydrogen-bond acceptors (Lipinski definition) is 2. The number of hydrogen-bond donors (Lipinski definition) is 0. The fraction of sp³-hybridized carbons (Fsp3) is 0.152. The van der Waals surface area contributed by atoms with Gasteiger partial charge in [-0.05, 0) is 60.5 Å². The van der Waals surface area contributed by atoms with E-state index in [0.717, 1.165) is 33.4 Å². The Kier molecular flexibility index (Phi) is 6.04. The summed E-state index contributed by atoms with van der Waals surface area (Å²) in [4.78, 5) is 31.8. The summed E-state index contributed by atoms with van der Waals surface area (Å²) in [6, 6.07) is 35.3. The van der Waals surface area contributed by atoms with Crippen molar-refractivity contribution >= 4 is 28.3 Å². The number of rotatable bonds is 5. The van der Waals surface area contributed by atoms with Gasteiger partial charge in [-0.25, -0.2) is 0 Å². The van der Waals surface area contributed by atoms with Gasteiger partial charge in [-0.15, -0.1) is 0 Å². The molecule has 0 saturated heterocycles. The van der Waals surface area contributed by atoms with E-state index in [2.05, 4.69) is 22.8 Å². The molecule has 2 amide bonds. The highest BCUT2D eigenvalue weighted by molar-refractivity contribution is 6.09. The second-order valence-electron chi connectivity index (χ2n) is 9.92. The van der Waals surface area contributed by atoms with E-state index >= 15 is 0 Å². The van der Waals surface area contributed by atoms with Crippen LogP contribution in [0.2, 0.25) is 0 Å². The summed E-state index contributed by atoms with van der Waals surface area (Å²) >= 11 is 0. The van der Waals surface area contributed by atoms with Crippen LogP contribution < -0.4 is 4.90 Å². The highest BCUT2D eigenvalue weighted by atomic mass is 16.2. The van der Waals surface area contributed by atoms with Crippen molar-refractivity contribution in [3.8, 4) is 5.69 Å². The average molecular weight is 500 g/mol. The highest BCUT2D eigenvalue weighted by Crippen LogP contribution is 2.42. The van der Waals surface area contributed by atoms with Crippen molar-refractivity contribution in [1.82, 2.24) is 9.47 Å². The van der Waals surface area contributed by atoms with Gasteiger partial charge in [0, 0.05) is 17.8 Å². The van der Waals surface area contributed by atoms with Crippen molar-refractivity contribution < 1.29 is 9.59 Å². The van der Waals surface area contributed by atoms with Gasteiger partial charge in [-0.1, -0.05) is 78.9 Å². The lowest BCUT2D eigenvalue weighted by Crippen LogP contribution is -2.48. The van der Waals surface area contributed by atoms with Gasteiger partial charge < -0.3 is 9.47 Å². The van der Waals surface area contributed by atoms with Crippen LogP contribution in [0.25, 0.3) is 16.5 Å². The second kappa shape index (κ2) is 9.67. The molecular formula is C33H29N3O2. The Balaban J connectivity index is 1.42. The fourth-order valence-corrected chi connectivity index (χ4v) is 5.49. The third-order valence-electron chi connectivity index (χ3n) is 7.31. The van der Waals surface area contributed by atoms with Crippen LogP contribution in [0.15, 0.2) is 115 Å². The third kappa shape index (κ3) is 3.97. The van der Waals surface area contributed by atoms with Crippen LogP contribution >= 0.6 is 0 Å². The molecule has 0 fully saturated rings. The van der Waals surface area contributed by atoms with Crippen LogP contribution in [0.5, 0.6) is 0 Å². The molecule has 4 aromatic carbocycles. The average Bonchev–Trinajstić information content (AvgIpc) is 3.45. The van der Waals surface area contributed by atoms with E-state index in [1.54, 1.807) is 4.90 Å². The van der Waals surface area contributed by atoms with Gasteiger partial charge in [-0.3, -0.25) is 14.5 Å². The molecule has 0 spiro atoms. The summed E-state index contributed by atoms with van der Waals surface area (Å²) in [5.74, 6) is -0.267. The largest absolute Gasteiger partial charge is 0.327 e. The number of nitrogens with zero attached hydrogens (tertiary/aromatic N) is 3. The number of benzene rings is 4. The predicted octanol–water partition coefficient (Wildman–Crippen LogP) is 6.62. The van der Waals surface area contributed by atoms with Crippen molar-refractivity contribution in [2.45, 2.75) is 25.9 Å². The Bertz CT molecular complexity index is 1630. The predicted molar refractivity (Wildman–Crippen MR) is 152 cm³/mol. The fourth-order valence-electron chi connectivity index (χ4n) is 5.49. The van der Waals surface area contributed by atoms with Gasteiger partial charge in [0.1, 0.15) is 12.6 Å². The van der Waals surface area contributed by atoms with Crippen LogP contribution in [0, 0.1) is 0 Å². The van der Waals surface area contributed by atoms with Crippen molar-refractivity contribution in [2.75, 3.05) is 11.4 Å². The maximum Gasteiger partial charge on any atom is 0.255 e. The monoisotopic (exact) mass is 499 g/mol. The zero-order valence-corrected chi connectivity index (χ0v) is 21.5. The summed E-state index contributed by atoms with van der Waals surface area (Å²) < 4.78 is 2.15. The van der Waals surface area contributed by atoms with Gasteiger partial charge in [0.05, 0.1) is 17.1 Å². The molecule has 1 aliphatic heterocycles. The van der Waals surface area contributed by atoms with Gasteiger partial charge in [0.15, 0.2) is 0 Å². The SMILES string of the molecule is CC(C)N(CC(=O)N1c2ccccc2-n2cccc2C1c1ccccc1)C(=O)c1cccc2ccccc12. The topological polar surface area (TPSA) is 45.6 Å². The number of carbonyl (C=O) groups excluding carboxylic acids is 2. The molecule has 0 bridgehead atoms. The van der Waals surface area contributed by atoms with E-state index in [-0.39, 0.29) is 30.4 Å². The van der Waals surface area contributed by atoms with Crippen LogP contribution in [-0.4, -0.2) is 33.9 Å². The number of anilines is 1. The molecule has 1 atom stereocenters. The smallest absolute Gasteiger partial charge is 0.255 e. The number of aromatic nitrogens is 1. The van der Waals surface area contributed by atoms with Gasteiger partial charge in [-0.2, -0.15) is 0 Å². The summed E-state index contributed by atoms with van der Waals surface area (Å²) in [5.41, 5.74) is 4.42.